The van der Waals surface area contributed by atoms with Crippen molar-refractivity contribution in [3.63, 3.8) is 0 Å². The maximum atomic E-state index is 12.4. The van der Waals surface area contributed by atoms with Crippen LogP contribution in [0.3, 0.4) is 0 Å². The Balaban J connectivity index is 1.90. The van der Waals surface area contributed by atoms with Crippen LogP contribution in [0.2, 0.25) is 5.02 Å². The summed E-state index contributed by atoms with van der Waals surface area (Å²) in [6, 6.07) is 7.27. The molecule has 2 atom stereocenters. The van der Waals surface area contributed by atoms with Crippen molar-refractivity contribution in [1.29, 1.82) is 0 Å². The van der Waals surface area contributed by atoms with E-state index in [0.29, 0.717) is 17.9 Å². The van der Waals surface area contributed by atoms with Gasteiger partial charge in [-0.05, 0) is 51.3 Å². The number of piperidine rings is 1. The highest BCUT2D eigenvalue weighted by molar-refractivity contribution is 6.30. The highest BCUT2D eigenvalue weighted by Gasteiger charge is 2.31. The van der Waals surface area contributed by atoms with Crippen LogP contribution in [0.15, 0.2) is 24.3 Å². The summed E-state index contributed by atoms with van der Waals surface area (Å²) in [4.78, 5) is 14.5. The Hall–Kier alpha value is -1.10. The van der Waals surface area contributed by atoms with Gasteiger partial charge in [-0.15, -0.1) is 0 Å². The summed E-state index contributed by atoms with van der Waals surface area (Å²) in [7, 11) is 0. The van der Waals surface area contributed by atoms with E-state index in [0.717, 1.165) is 18.7 Å². The molecule has 1 aliphatic rings. The Bertz CT molecular complexity index is 506. The fourth-order valence-corrected chi connectivity index (χ4v) is 2.85. The lowest BCUT2D eigenvalue weighted by Crippen LogP contribution is -2.51. The lowest BCUT2D eigenvalue weighted by Gasteiger charge is -2.38. The summed E-state index contributed by atoms with van der Waals surface area (Å²) < 4.78 is 0. The number of likely N-dealkylation sites (tertiary alicyclic amines) is 1. The van der Waals surface area contributed by atoms with Crippen LogP contribution in [0.25, 0.3) is 0 Å². The van der Waals surface area contributed by atoms with E-state index in [2.05, 4.69) is 10.2 Å². The summed E-state index contributed by atoms with van der Waals surface area (Å²) in [6.45, 7) is 7.24. The molecule has 1 amide bonds. The normalized spacial score (nSPS) is 21.1. The lowest BCUT2D eigenvalue weighted by molar-refractivity contribution is -0.128. The van der Waals surface area contributed by atoms with Crippen molar-refractivity contribution in [2.45, 2.75) is 51.3 Å². The zero-order valence-electron chi connectivity index (χ0n) is 13.5. The number of halogens is 1. The van der Waals surface area contributed by atoms with E-state index in [1.807, 2.05) is 45.0 Å². The van der Waals surface area contributed by atoms with Crippen molar-refractivity contribution in [2.75, 3.05) is 13.1 Å². The Morgan fingerprint density at radius 3 is 2.36 bits per heavy atom. The quantitative estimate of drug-likeness (QED) is 0.895. The molecule has 0 bridgehead atoms. The molecule has 22 heavy (non-hydrogen) atoms. The van der Waals surface area contributed by atoms with Gasteiger partial charge in [-0.25, -0.2) is 0 Å². The van der Waals surface area contributed by atoms with E-state index in [-0.39, 0.29) is 18.0 Å². The van der Waals surface area contributed by atoms with Crippen molar-refractivity contribution in [3.05, 3.63) is 34.9 Å². The van der Waals surface area contributed by atoms with Crippen molar-refractivity contribution in [1.82, 2.24) is 10.2 Å². The summed E-state index contributed by atoms with van der Waals surface area (Å²) >= 11 is 5.88. The SMILES string of the molecule is CC(NC(=O)C(C)N1CCC(C)(O)CC1)c1ccc(Cl)cc1. The van der Waals surface area contributed by atoms with Crippen molar-refractivity contribution >= 4 is 17.5 Å². The minimum absolute atomic E-state index is 0.0176. The van der Waals surface area contributed by atoms with Crippen LogP contribution in [-0.2, 0) is 4.79 Å². The molecule has 2 N–H and O–H groups in total. The van der Waals surface area contributed by atoms with Crippen LogP contribution in [0, 0.1) is 0 Å². The van der Waals surface area contributed by atoms with Gasteiger partial charge in [0, 0.05) is 18.1 Å². The van der Waals surface area contributed by atoms with Gasteiger partial charge >= 0.3 is 0 Å². The van der Waals surface area contributed by atoms with Gasteiger partial charge in [0.1, 0.15) is 0 Å². The second-order valence-electron chi connectivity index (χ2n) is 6.49. The highest BCUT2D eigenvalue weighted by Crippen LogP contribution is 2.23. The maximum Gasteiger partial charge on any atom is 0.237 e. The van der Waals surface area contributed by atoms with E-state index in [4.69, 9.17) is 11.6 Å². The monoisotopic (exact) mass is 324 g/mol. The number of carbonyl (C=O) groups is 1. The number of carbonyl (C=O) groups excluding carboxylic acids is 1. The van der Waals surface area contributed by atoms with Gasteiger partial charge in [0.25, 0.3) is 0 Å². The number of aliphatic hydroxyl groups is 1. The van der Waals surface area contributed by atoms with E-state index < -0.39 is 5.60 Å². The first kappa shape index (κ1) is 17.3. The fourth-order valence-electron chi connectivity index (χ4n) is 2.73. The second-order valence-corrected chi connectivity index (χ2v) is 6.93. The predicted molar refractivity (Wildman–Crippen MR) is 88.9 cm³/mol. The van der Waals surface area contributed by atoms with Gasteiger partial charge in [-0.1, -0.05) is 23.7 Å². The maximum absolute atomic E-state index is 12.4. The summed E-state index contributed by atoms with van der Waals surface area (Å²) in [6.07, 6.45) is 1.41. The van der Waals surface area contributed by atoms with Crippen molar-refractivity contribution < 1.29 is 9.90 Å². The number of hydrogen-bond acceptors (Lipinski definition) is 3. The third kappa shape index (κ3) is 4.45. The third-order valence-corrected chi connectivity index (χ3v) is 4.78. The number of benzene rings is 1. The largest absolute Gasteiger partial charge is 0.390 e. The lowest BCUT2D eigenvalue weighted by atomic mass is 9.93. The average molecular weight is 325 g/mol. The molecule has 4 nitrogen and oxygen atoms in total. The molecule has 0 spiro atoms. The van der Waals surface area contributed by atoms with Crippen LogP contribution in [-0.4, -0.2) is 40.6 Å². The Labute approximate surface area is 137 Å². The van der Waals surface area contributed by atoms with Gasteiger partial charge in [0.15, 0.2) is 0 Å². The first-order valence-electron chi connectivity index (χ1n) is 7.81. The smallest absolute Gasteiger partial charge is 0.237 e. The molecule has 1 aromatic carbocycles. The standard InChI is InChI=1S/C17H25ClN2O2/c1-12(14-4-6-15(18)7-5-14)19-16(21)13(2)20-10-8-17(3,22)9-11-20/h4-7,12-13,22H,8-11H2,1-3H3,(H,19,21). The second kappa shape index (κ2) is 6.99. The number of nitrogens with one attached hydrogen (secondary N) is 1. The summed E-state index contributed by atoms with van der Waals surface area (Å²) in [5.74, 6) is 0.0176. The number of nitrogens with zero attached hydrogens (tertiary/aromatic N) is 1. The zero-order valence-corrected chi connectivity index (χ0v) is 14.2. The molecule has 2 unspecified atom stereocenters. The first-order chi connectivity index (χ1) is 10.3. The molecule has 0 radical (unpaired) electrons. The van der Waals surface area contributed by atoms with Crippen LogP contribution in [0.1, 0.15) is 45.2 Å². The predicted octanol–water partition coefficient (Wildman–Crippen LogP) is 2.75. The highest BCUT2D eigenvalue weighted by atomic mass is 35.5. The Morgan fingerprint density at radius 1 is 1.27 bits per heavy atom. The van der Waals surface area contributed by atoms with Gasteiger partial charge < -0.3 is 10.4 Å². The molecule has 122 valence electrons. The molecule has 1 aromatic rings. The summed E-state index contributed by atoms with van der Waals surface area (Å²) in [5.41, 5.74) is 0.440. The molecule has 0 aromatic heterocycles. The van der Waals surface area contributed by atoms with Gasteiger partial charge in [0.05, 0.1) is 17.7 Å². The molecule has 0 saturated carbocycles. The number of rotatable bonds is 4. The van der Waals surface area contributed by atoms with Crippen LogP contribution >= 0.6 is 11.6 Å². The van der Waals surface area contributed by atoms with Gasteiger partial charge in [-0.2, -0.15) is 0 Å². The average Bonchev–Trinajstić information content (AvgIpc) is 2.47. The molecular formula is C17H25ClN2O2. The Morgan fingerprint density at radius 2 is 1.82 bits per heavy atom. The van der Waals surface area contributed by atoms with E-state index >= 15 is 0 Å². The number of amides is 1. The van der Waals surface area contributed by atoms with Crippen LogP contribution in [0.4, 0.5) is 0 Å². The van der Waals surface area contributed by atoms with E-state index in [9.17, 15) is 9.90 Å². The molecule has 1 fully saturated rings. The number of hydrogen-bond donors (Lipinski definition) is 2. The molecule has 1 aliphatic heterocycles. The molecule has 5 heteroatoms. The third-order valence-electron chi connectivity index (χ3n) is 4.53. The van der Waals surface area contributed by atoms with Gasteiger partial charge in [-0.3, -0.25) is 9.69 Å². The minimum Gasteiger partial charge on any atom is -0.390 e. The van der Waals surface area contributed by atoms with Crippen LogP contribution in [0.5, 0.6) is 0 Å². The first-order valence-corrected chi connectivity index (χ1v) is 8.18. The topological polar surface area (TPSA) is 52.6 Å². The van der Waals surface area contributed by atoms with Crippen LogP contribution < -0.4 is 5.32 Å². The minimum atomic E-state index is -0.594. The molecular weight excluding hydrogens is 300 g/mol. The van der Waals surface area contributed by atoms with E-state index in [1.54, 1.807) is 0 Å². The molecule has 2 rings (SSSR count). The van der Waals surface area contributed by atoms with Gasteiger partial charge in [0.2, 0.25) is 5.91 Å². The molecule has 1 saturated heterocycles. The Kier molecular flexibility index (Phi) is 5.48. The van der Waals surface area contributed by atoms with E-state index in [1.165, 1.54) is 0 Å². The fraction of sp³-hybridized carbons (Fsp3) is 0.588. The molecule has 1 heterocycles. The van der Waals surface area contributed by atoms with Crippen molar-refractivity contribution in [2.24, 2.45) is 0 Å². The van der Waals surface area contributed by atoms with Crippen molar-refractivity contribution in [3.8, 4) is 0 Å². The molecule has 0 aliphatic carbocycles. The zero-order chi connectivity index (χ0) is 16.3. The summed E-state index contributed by atoms with van der Waals surface area (Å²) in [5, 5.41) is 13.7.